The molecule has 14 heavy (non-hydrogen) atoms. The largest absolute Gasteiger partial charge is 0.352 e. The molecule has 0 fully saturated rings. The Labute approximate surface area is 88.4 Å². The summed E-state index contributed by atoms with van der Waals surface area (Å²) in [4.78, 5) is 2.36. The number of hydrogen-bond donors (Lipinski definition) is 0. The normalized spacial score (nSPS) is 11.6. The fourth-order valence-electron chi connectivity index (χ4n) is 1.43. The Morgan fingerprint density at radius 1 is 1.00 bits per heavy atom. The van der Waals surface area contributed by atoms with E-state index >= 15 is 0 Å². The molecule has 3 nitrogen and oxygen atoms in total. The van der Waals surface area contributed by atoms with Crippen LogP contribution < -0.4 is 0 Å². The molecule has 0 saturated carbocycles. The number of rotatable bonds is 9. The van der Waals surface area contributed by atoms with E-state index in [9.17, 15) is 0 Å². The molecule has 0 aromatic carbocycles. The maximum atomic E-state index is 5.50. The van der Waals surface area contributed by atoms with Gasteiger partial charge in [-0.25, -0.2) is 0 Å². The minimum absolute atomic E-state index is 0.0588. The number of hydrogen-bond acceptors (Lipinski definition) is 3. The molecule has 0 aliphatic heterocycles. The van der Waals surface area contributed by atoms with Crippen molar-refractivity contribution < 1.29 is 9.47 Å². The molecule has 0 amide bonds. The SMILES string of the molecule is CCCN(CC)CC(OCC)OCC. The minimum Gasteiger partial charge on any atom is -0.352 e. The second-order valence-corrected chi connectivity index (χ2v) is 3.23. The van der Waals surface area contributed by atoms with E-state index in [-0.39, 0.29) is 6.29 Å². The zero-order valence-corrected chi connectivity index (χ0v) is 10.1. The van der Waals surface area contributed by atoms with E-state index in [1.165, 1.54) is 6.42 Å². The highest BCUT2D eigenvalue weighted by molar-refractivity contribution is 4.57. The van der Waals surface area contributed by atoms with E-state index in [2.05, 4.69) is 18.7 Å². The summed E-state index contributed by atoms with van der Waals surface area (Å²) in [5, 5.41) is 0. The third kappa shape index (κ3) is 6.35. The summed E-state index contributed by atoms with van der Waals surface area (Å²) in [5.41, 5.74) is 0. The monoisotopic (exact) mass is 203 g/mol. The van der Waals surface area contributed by atoms with Crippen molar-refractivity contribution in [2.24, 2.45) is 0 Å². The lowest BCUT2D eigenvalue weighted by molar-refractivity contribution is -0.146. The quantitative estimate of drug-likeness (QED) is 0.536. The van der Waals surface area contributed by atoms with Crippen molar-refractivity contribution in [2.45, 2.75) is 40.4 Å². The van der Waals surface area contributed by atoms with Crippen LogP contribution >= 0.6 is 0 Å². The Kier molecular flexibility index (Phi) is 9.35. The summed E-state index contributed by atoms with van der Waals surface area (Å²) in [6, 6.07) is 0. The van der Waals surface area contributed by atoms with Gasteiger partial charge in [-0.1, -0.05) is 13.8 Å². The van der Waals surface area contributed by atoms with Crippen LogP contribution in [0.5, 0.6) is 0 Å². The van der Waals surface area contributed by atoms with Crippen LogP contribution in [-0.4, -0.2) is 44.0 Å². The molecular weight excluding hydrogens is 178 g/mol. The third-order valence-corrected chi connectivity index (χ3v) is 2.10. The molecule has 0 bridgehead atoms. The lowest BCUT2D eigenvalue weighted by Gasteiger charge is -2.25. The maximum Gasteiger partial charge on any atom is 0.170 e. The molecule has 0 aromatic heterocycles. The number of ether oxygens (including phenoxy) is 2. The smallest absolute Gasteiger partial charge is 0.170 e. The Balaban J connectivity index is 3.83. The molecule has 3 heteroatoms. The van der Waals surface area contributed by atoms with Gasteiger partial charge >= 0.3 is 0 Å². The lowest BCUT2D eigenvalue weighted by Crippen LogP contribution is -2.36. The van der Waals surface area contributed by atoms with E-state index in [0.29, 0.717) is 13.2 Å². The number of likely N-dealkylation sites (N-methyl/N-ethyl adjacent to an activating group) is 1. The average Bonchev–Trinajstić information content (AvgIpc) is 2.18. The van der Waals surface area contributed by atoms with Crippen molar-refractivity contribution in [3.63, 3.8) is 0 Å². The highest BCUT2D eigenvalue weighted by atomic mass is 16.7. The predicted octanol–water partition coefficient (Wildman–Crippen LogP) is 2.12. The first kappa shape index (κ1) is 13.9. The van der Waals surface area contributed by atoms with Crippen LogP contribution in [-0.2, 0) is 9.47 Å². The van der Waals surface area contributed by atoms with E-state index in [4.69, 9.17) is 9.47 Å². The topological polar surface area (TPSA) is 21.7 Å². The van der Waals surface area contributed by atoms with Crippen molar-refractivity contribution in [2.75, 3.05) is 32.8 Å². The van der Waals surface area contributed by atoms with Gasteiger partial charge in [-0.15, -0.1) is 0 Å². The van der Waals surface area contributed by atoms with Crippen LogP contribution in [0, 0.1) is 0 Å². The van der Waals surface area contributed by atoms with Crippen molar-refractivity contribution in [3.8, 4) is 0 Å². The van der Waals surface area contributed by atoms with Gasteiger partial charge in [0.2, 0.25) is 0 Å². The molecular formula is C11H25NO2. The molecule has 0 aromatic rings. The van der Waals surface area contributed by atoms with E-state index in [0.717, 1.165) is 19.6 Å². The number of nitrogens with zero attached hydrogens (tertiary/aromatic N) is 1. The minimum atomic E-state index is -0.0588. The van der Waals surface area contributed by atoms with Crippen LogP contribution in [0.2, 0.25) is 0 Å². The Bertz CT molecular complexity index is 114. The van der Waals surface area contributed by atoms with Gasteiger partial charge < -0.3 is 9.47 Å². The second kappa shape index (κ2) is 9.44. The van der Waals surface area contributed by atoms with Crippen LogP contribution in [0.1, 0.15) is 34.1 Å². The predicted molar refractivity (Wildman–Crippen MR) is 59.4 cm³/mol. The first-order valence-corrected chi connectivity index (χ1v) is 5.73. The van der Waals surface area contributed by atoms with Gasteiger partial charge in [-0.05, 0) is 33.4 Å². The van der Waals surface area contributed by atoms with Gasteiger partial charge in [0, 0.05) is 19.8 Å². The van der Waals surface area contributed by atoms with E-state index in [1.54, 1.807) is 0 Å². The van der Waals surface area contributed by atoms with Crippen LogP contribution in [0.25, 0.3) is 0 Å². The van der Waals surface area contributed by atoms with Crippen molar-refractivity contribution in [3.05, 3.63) is 0 Å². The zero-order chi connectivity index (χ0) is 10.8. The summed E-state index contributed by atoms with van der Waals surface area (Å²) >= 11 is 0. The van der Waals surface area contributed by atoms with Gasteiger partial charge in [-0.3, -0.25) is 4.90 Å². The molecule has 86 valence electrons. The molecule has 0 aliphatic rings. The maximum absolute atomic E-state index is 5.50. The highest BCUT2D eigenvalue weighted by Crippen LogP contribution is 2.00. The van der Waals surface area contributed by atoms with Gasteiger partial charge in [0.15, 0.2) is 6.29 Å². The third-order valence-electron chi connectivity index (χ3n) is 2.10. The van der Waals surface area contributed by atoms with Gasteiger partial charge in [0.05, 0.1) is 0 Å². The Morgan fingerprint density at radius 2 is 1.57 bits per heavy atom. The summed E-state index contributed by atoms with van der Waals surface area (Å²) in [5.74, 6) is 0. The Morgan fingerprint density at radius 3 is 1.93 bits per heavy atom. The molecule has 0 saturated heterocycles. The first-order valence-electron chi connectivity index (χ1n) is 5.73. The molecule has 0 heterocycles. The van der Waals surface area contributed by atoms with Gasteiger partial charge in [0.25, 0.3) is 0 Å². The summed E-state index contributed by atoms with van der Waals surface area (Å²) in [7, 11) is 0. The molecule has 0 radical (unpaired) electrons. The summed E-state index contributed by atoms with van der Waals surface area (Å²) in [6.45, 7) is 12.9. The summed E-state index contributed by atoms with van der Waals surface area (Å²) in [6.07, 6.45) is 1.12. The van der Waals surface area contributed by atoms with Crippen LogP contribution in [0.15, 0.2) is 0 Å². The highest BCUT2D eigenvalue weighted by Gasteiger charge is 2.11. The van der Waals surface area contributed by atoms with Crippen molar-refractivity contribution in [1.29, 1.82) is 0 Å². The fourth-order valence-corrected chi connectivity index (χ4v) is 1.43. The molecule has 0 spiro atoms. The molecule has 0 rings (SSSR count). The summed E-state index contributed by atoms with van der Waals surface area (Å²) < 4.78 is 11.0. The Hall–Kier alpha value is -0.120. The standard InChI is InChI=1S/C11H25NO2/c1-5-9-12(6-2)10-11(13-7-3)14-8-4/h11H,5-10H2,1-4H3. The fraction of sp³-hybridized carbons (Fsp3) is 1.00. The molecule has 0 atom stereocenters. The molecule has 0 N–H and O–H groups in total. The van der Waals surface area contributed by atoms with Gasteiger partial charge in [-0.2, -0.15) is 0 Å². The molecule has 0 unspecified atom stereocenters. The van der Waals surface area contributed by atoms with Crippen molar-refractivity contribution >= 4 is 0 Å². The average molecular weight is 203 g/mol. The van der Waals surface area contributed by atoms with E-state index in [1.807, 2.05) is 13.8 Å². The van der Waals surface area contributed by atoms with Crippen molar-refractivity contribution in [1.82, 2.24) is 4.90 Å². The zero-order valence-electron chi connectivity index (χ0n) is 10.1. The van der Waals surface area contributed by atoms with Crippen LogP contribution in [0.3, 0.4) is 0 Å². The molecule has 0 aliphatic carbocycles. The van der Waals surface area contributed by atoms with Crippen LogP contribution in [0.4, 0.5) is 0 Å². The lowest BCUT2D eigenvalue weighted by atomic mass is 10.4. The van der Waals surface area contributed by atoms with Gasteiger partial charge in [0.1, 0.15) is 0 Å². The second-order valence-electron chi connectivity index (χ2n) is 3.23. The first-order chi connectivity index (χ1) is 6.78. The van der Waals surface area contributed by atoms with E-state index < -0.39 is 0 Å².